The zero-order chi connectivity index (χ0) is 13.2. The van der Waals surface area contributed by atoms with E-state index < -0.39 is 0 Å². The molecule has 2 aliphatic rings. The highest BCUT2D eigenvalue weighted by Gasteiger charge is 2.38. The summed E-state index contributed by atoms with van der Waals surface area (Å²) < 4.78 is 0. The number of nitrogens with two attached hydrogens (primary N) is 1. The van der Waals surface area contributed by atoms with Gasteiger partial charge in [0.15, 0.2) is 0 Å². The van der Waals surface area contributed by atoms with E-state index in [4.69, 9.17) is 5.73 Å². The fraction of sp³-hybridized carbons (Fsp3) is 1.00. The summed E-state index contributed by atoms with van der Waals surface area (Å²) >= 11 is 0. The molecule has 2 atom stereocenters. The zero-order valence-corrected chi connectivity index (χ0v) is 12.6. The highest BCUT2D eigenvalue weighted by molar-refractivity contribution is 4.95. The first-order valence-corrected chi connectivity index (χ1v) is 8.05. The molecule has 2 aliphatic carbocycles. The normalized spacial score (nSPS) is 33.8. The molecule has 0 radical (unpaired) electrons. The van der Waals surface area contributed by atoms with Gasteiger partial charge in [-0.05, 0) is 44.1 Å². The molecule has 0 aromatic rings. The van der Waals surface area contributed by atoms with Gasteiger partial charge in [-0.25, -0.2) is 0 Å². The average molecular weight is 252 g/mol. The van der Waals surface area contributed by atoms with E-state index in [9.17, 15) is 0 Å². The van der Waals surface area contributed by atoms with Gasteiger partial charge in [0.05, 0.1) is 0 Å². The molecule has 0 spiro atoms. The van der Waals surface area contributed by atoms with E-state index in [1.54, 1.807) is 0 Å². The van der Waals surface area contributed by atoms with Gasteiger partial charge in [-0.15, -0.1) is 0 Å². The molecule has 2 saturated carbocycles. The van der Waals surface area contributed by atoms with E-state index in [0.717, 1.165) is 6.04 Å². The molecule has 0 saturated heterocycles. The summed E-state index contributed by atoms with van der Waals surface area (Å²) in [7, 11) is 0. The summed E-state index contributed by atoms with van der Waals surface area (Å²) in [5.41, 5.74) is 6.93. The van der Waals surface area contributed by atoms with Crippen molar-refractivity contribution in [2.75, 3.05) is 6.54 Å². The lowest BCUT2D eigenvalue weighted by atomic mass is 9.72. The summed E-state index contributed by atoms with van der Waals surface area (Å²) in [4.78, 5) is 2.75. The Kier molecular flexibility index (Phi) is 4.71. The minimum absolute atomic E-state index is 0.403. The smallest absolute Gasteiger partial charge is 0.0255 e. The van der Waals surface area contributed by atoms with Gasteiger partial charge in [0.1, 0.15) is 0 Å². The Bertz CT molecular complexity index is 256. The molecule has 2 heteroatoms. The van der Waals surface area contributed by atoms with Crippen LogP contribution in [0.2, 0.25) is 0 Å². The Hall–Kier alpha value is -0.0800. The van der Waals surface area contributed by atoms with Gasteiger partial charge in [-0.3, -0.25) is 4.90 Å². The van der Waals surface area contributed by atoms with Crippen molar-refractivity contribution in [3.8, 4) is 0 Å². The predicted molar refractivity (Wildman–Crippen MR) is 78.6 cm³/mol. The molecule has 0 amide bonds. The molecule has 106 valence electrons. The fourth-order valence-electron chi connectivity index (χ4n) is 4.11. The van der Waals surface area contributed by atoms with Crippen LogP contribution >= 0.6 is 0 Å². The van der Waals surface area contributed by atoms with Crippen molar-refractivity contribution in [1.82, 2.24) is 4.90 Å². The predicted octanol–water partition coefficient (Wildman–Crippen LogP) is 3.55. The maximum absolute atomic E-state index is 6.44. The monoisotopic (exact) mass is 252 g/mol. The van der Waals surface area contributed by atoms with Crippen LogP contribution in [0.25, 0.3) is 0 Å². The van der Waals surface area contributed by atoms with Crippen LogP contribution in [0.1, 0.15) is 72.1 Å². The molecule has 18 heavy (non-hydrogen) atoms. The van der Waals surface area contributed by atoms with E-state index in [0.29, 0.717) is 17.5 Å². The maximum Gasteiger partial charge on any atom is 0.0255 e. The van der Waals surface area contributed by atoms with Crippen LogP contribution in [0.3, 0.4) is 0 Å². The van der Waals surface area contributed by atoms with Gasteiger partial charge >= 0.3 is 0 Å². The summed E-state index contributed by atoms with van der Waals surface area (Å²) in [6.45, 7) is 8.34. The molecule has 0 heterocycles. The molecule has 2 fully saturated rings. The number of hydrogen-bond donors (Lipinski definition) is 1. The molecule has 0 aromatic carbocycles. The molecule has 2 unspecified atom stereocenters. The lowest BCUT2D eigenvalue weighted by molar-refractivity contribution is 0.0372. The molecule has 0 bridgehead atoms. The quantitative estimate of drug-likeness (QED) is 0.832. The first-order valence-electron chi connectivity index (χ1n) is 8.05. The molecule has 2 nitrogen and oxygen atoms in total. The molecular weight excluding hydrogens is 220 g/mol. The summed E-state index contributed by atoms with van der Waals surface area (Å²) in [5, 5.41) is 0. The summed E-state index contributed by atoms with van der Waals surface area (Å²) in [6, 6.07) is 1.84. The fourth-order valence-corrected chi connectivity index (χ4v) is 4.11. The first kappa shape index (κ1) is 14.3. The van der Waals surface area contributed by atoms with Crippen molar-refractivity contribution in [1.29, 1.82) is 0 Å². The molecular formula is C16H32N2. The van der Waals surface area contributed by atoms with Crippen LogP contribution in [0, 0.1) is 5.41 Å². The van der Waals surface area contributed by atoms with Crippen LogP contribution in [0.5, 0.6) is 0 Å². The highest BCUT2D eigenvalue weighted by atomic mass is 15.2. The molecule has 0 aromatic heterocycles. The topological polar surface area (TPSA) is 29.3 Å². The van der Waals surface area contributed by atoms with E-state index in [-0.39, 0.29) is 0 Å². The average Bonchev–Trinajstić information content (AvgIpc) is 2.36. The van der Waals surface area contributed by atoms with E-state index in [1.807, 2.05) is 0 Å². The standard InChI is InChI=1S/C16H32N2/c1-4-18(13-8-6-5-7-9-13)15-12-16(2,3)11-10-14(15)17/h13-15H,4-12,17H2,1-3H3. The Morgan fingerprint density at radius 2 is 1.78 bits per heavy atom. The number of nitrogens with zero attached hydrogens (tertiary/aromatic N) is 1. The third-order valence-corrected chi connectivity index (χ3v) is 5.25. The zero-order valence-electron chi connectivity index (χ0n) is 12.6. The second kappa shape index (κ2) is 5.92. The third kappa shape index (κ3) is 3.27. The first-order chi connectivity index (χ1) is 8.53. The molecule has 2 rings (SSSR count). The second-order valence-corrected chi connectivity index (χ2v) is 7.26. The van der Waals surface area contributed by atoms with Crippen molar-refractivity contribution in [2.45, 2.75) is 90.3 Å². The Labute approximate surface area is 113 Å². The lowest BCUT2D eigenvalue weighted by Crippen LogP contribution is -2.56. The minimum atomic E-state index is 0.403. The number of hydrogen-bond acceptors (Lipinski definition) is 2. The lowest BCUT2D eigenvalue weighted by Gasteiger charge is -2.48. The van der Waals surface area contributed by atoms with Gasteiger partial charge in [0, 0.05) is 18.1 Å². The number of rotatable bonds is 3. The van der Waals surface area contributed by atoms with Crippen LogP contribution in [0.15, 0.2) is 0 Å². The van der Waals surface area contributed by atoms with Crippen molar-refractivity contribution in [3.05, 3.63) is 0 Å². The Balaban J connectivity index is 2.04. The van der Waals surface area contributed by atoms with Gasteiger partial charge in [0.2, 0.25) is 0 Å². The van der Waals surface area contributed by atoms with Crippen molar-refractivity contribution < 1.29 is 0 Å². The van der Waals surface area contributed by atoms with E-state index >= 15 is 0 Å². The Morgan fingerprint density at radius 3 is 2.39 bits per heavy atom. The minimum Gasteiger partial charge on any atom is -0.326 e. The summed E-state index contributed by atoms with van der Waals surface area (Å²) in [6.07, 6.45) is 10.9. The van der Waals surface area contributed by atoms with Crippen LogP contribution in [0.4, 0.5) is 0 Å². The van der Waals surface area contributed by atoms with Gasteiger partial charge < -0.3 is 5.73 Å². The van der Waals surface area contributed by atoms with Crippen molar-refractivity contribution >= 4 is 0 Å². The van der Waals surface area contributed by atoms with Gasteiger partial charge in [0.25, 0.3) is 0 Å². The third-order valence-electron chi connectivity index (χ3n) is 5.25. The SMILES string of the molecule is CCN(C1CCCCC1)C1CC(C)(C)CCC1N. The second-order valence-electron chi connectivity index (χ2n) is 7.26. The van der Waals surface area contributed by atoms with E-state index in [1.165, 1.54) is 57.9 Å². The summed E-state index contributed by atoms with van der Waals surface area (Å²) in [5.74, 6) is 0. The maximum atomic E-state index is 6.44. The van der Waals surface area contributed by atoms with Crippen LogP contribution in [-0.4, -0.2) is 29.6 Å². The van der Waals surface area contributed by atoms with Crippen molar-refractivity contribution in [3.63, 3.8) is 0 Å². The Morgan fingerprint density at radius 1 is 1.11 bits per heavy atom. The highest BCUT2D eigenvalue weighted by Crippen LogP contribution is 2.38. The van der Waals surface area contributed by atoms with Crippen molar-refractivity contribution in [2.24, 2.45) is 11.1 Å². The van der Waals surface area contributed by atoms with Crippen LogP contribution in [-0.2, 0) is 0 Å². The van der Waals surface area contributed by atoms with Crippen LogP contribution < -0.4 is 5.73 Å². The van der Waals surface area contributed by atoms with Gasteiger partial charge in [-0.1, -0.05) is 40.0 Å². The molecule has 0 aliphatic heterocycles. The van der Waals surface area contributed by atoms with Gasteiger partial charge in [-0.2, -0.15) is 0 Å². The molecule has 2 N–H and O–H groups in total. The largest absolute Gasteiger partial charge is 0.326 e. The van der Waals surface area contributed by atoms with E-state index in [2.05, 4.69) is 25.7 Å². The number of likely N-dealkylation sites (N-methyl/N-ethyl adjacent to an activating group) is 1.